The van der Waals surface area contributed by atoms with Crippen LogP contribution in [-0.2, 0) is 0 Å². The van der Waals surface area contributed by atoms with Gasteiger partial charge in [0.05, 0.1) is 10.9 Å². The van der Waals surface area contributed by atoms with E-state index in [-0.39, 0.29) is 11.0 Å². The molecule has 2 aromatic heterocycles. The number of halogens is 2. The smallest absolute Gasteiger partial charge is 0.352 e. The Bertz CT molecular complexity index is 565. The van der Waals surface area contributed by atoms with E-state index in [0.29, 0.717) is 0 Å². The average Bonchev–Trinajstić information content (AvgIpc) is 2.58. The van der Waals surface area contributed by atoms with Crippen molar-refractivity contribution in [1.82, 2.24) is 9.97 Å². The van der Waals surface area contributed by atoms with Gasteiger partial charge in [0, 0.05) is 6.20 Å². The number of pyridine rings is 1. The molecular formula is C9H6F2N2O3. The van der Waals surface area contributed by atoms with Crippen molar-refractivity contribution in [3.8, 4) is 5.75 Å². The predicted octanol–water partition coefficient (Wildman–Crippen LogP) is 1.90. The number of nitrogens with one attached hydrogen (secondary N) is 1. The molecule has 0 aliphatic heterocycles. The molecule has 7 heteroatoms. The van der Waals surface area contributed by atoms with Crippen LogP contribution < -0.4 is 0 Å². The zero-order valence-electron chi connectivity index (χ0n) is 7.74. The van der Waals surface area contributed by atoms with E-state index in [1.54, 1.807) is 0 Å². The number of alkyl halides is 2. The predicted molar refractivity (Wildman–Crippen MR) is 49.7 cm³/mol. The van der Waals surface area contributed by atoms with E-state index >= 15 is 0 Å². The van der Waals surface area contributed by atoms with Gasteiger partial charge in [0.2, 0.25) is 0 Å². The van der Waals surface area contributed by atoms with E-state index in [1.165, 1.54) is 6.20 Å². The lowest BCUT2D eigenvalue weighted by atomic mass is 10.1. The van der Waals surface area contributed by atoms with Crippen molar-refractivity contribution in [2.24, 2.45) is 0 Å². The van der Waals surface area contributed by atoms with Crippen molar-refractivity contribution < 1.29 is 23.8 Å². The number of aromatic carboxylic acids is 1. The van der Waals surface area contributed by atoms with Crippen LogP contribution >= 0.6 is 0 Å². The second kappa shape index (κ2) is 3.44. The van der Waals surface area contributed by atoms with Gasteiger partial charge in [-0.1, -0.05) is 0 Å². The monoisotopic (exact) mass is 228 g/mol. The molecule has 0 radical (unpaired) electrons. The van der Waals surface area contributed by atoms with Gasteiger partial charge in [-0.3, -0.25) is 0 Å². The summed E-state index contributed by atoms with van der Waals surface area (Å²) in [6.45, 7) is 0. The number of carbonyl (C=O) groups is 1. The third kappa shape index (κ3) is 1.37. The van der Waals surface area contributed by atoms with Crippen LogP contribution in [0.3, 0.4) is 0 Å². The summed E-state index contributed by atoms with van der Waals surface area (Å²) in [5.74, 6) is -1.95. The van der Waals surface area contributed by atoms with Crippen molar-refractivity contribution in [2.75, 3.05) is 0 Å². The van der Waals surface area contributed by atoms with Gasteiger partial charge < -0.3 is 15.2 Å². The Kier molecular flexibility index (Phi) is 2.22. The van der Waals surface area contributed by atoms with Crippen LogP contribution in [0.15, 0.2) is 12.3 Å². The number of aromatic amines is 1. The minimum absolute atomic E-state index is 0.0762. The first kappa shape index (κ1) is 10.3. The van der Waals surface area contributed by atoms with Crippen LogP contribution in [0.25, 0.3) is 11.0 Å². The van der Waals surface area contributed by atoms with Crippen molar-refractivity contribution in [3.05, 3.63) is 23.5 Å². The lowest BCUT2D eigenvalue weighted by Gasteiger charge is -2.00. The summed E-state index contributed by atoms with van der Waals surface area (Å²) < 4.78 is 25.4. The van der Waals surface area contributed by atoms with Gasteiger partial charge in [-0.25, -0.2) is 18.6 Å². The van der Waals surface area contributed by atoms with Gasteiger partial charge in [0.1, 0.15) is 17.1 Å². The van der Waals surface area contributed by atoms with E-state index in [1.807, 2.05) is 0 Å². The topological polar surface area (TPSA) is 86.2 Å². The molecule has 0 aliphatic carbocycles. The molecule has 0 aliphatic rings. The molecule has 0 atom stereocenters. The fourth-order valence-corrected chi connectivity index (χ4v) is 1.51. The zero-order valence-corrected chi connectivity index (χ0v) is 7.74. The van der Waals surface area contributed by atoms with Crippen LogP contribution in [0.2, 0.25) is 0 Å². The van der Waals surface area contributed by atoms with Crippen LogP contribution in [0, 0.1) is 0 Å². The molecule has 2 rings (SSSR count). The fraction of sp³-hybridized carbons (Fsp3) is 0.111. The van der Waals surface area contributed by atoms with Crippen molar-refractivity contribution in [2.45, 2.75) is 6.43 Å². The Morgan fingerprint density at radius 1 is 1.50 bits per heavy atom. The molecule has 0 fully saturated rings. The van der Waals surface area contributed by atoms with E-state index in [2.05, 4.69) is 9.97 Å². The molecular weight excluding hydrogens is 222 g/mol. The number of carboxylic acids is 1. The number of H-pyrrole nitrogens is 1. The molecule has 3 N–H and O–H groups in total. The molecule has 0 amide bonds. The highest BCUT2D eigenvalue weighted by Crippen LogP contribution is 2.35. The Morgan fingerprint density at radius 3 is 2.75 bits per heavy atom. The Hall–Kier alpha value is -2.18. The number of aromatic nitrogens is 2. The summed E-state index contributed by atoms with van der Waals surface area (Å²) in [6.07, 6.45) is -1.82. The molecule has 5 nitrogen and oxygen atoms in total. The fourth-order valence-electron chi connectivity index (χ4n) is 1.51. The van der Waals surface area contributed by atoms with Crippen molar-refractivity contribution >= 4 is 17.0 Å². The van der Waals surface area contributed by atoms with Crippen LogP contribution in [-0.4, -0.2) is 26.2 Å². The summed E-state index contributed by atoms with van der Waals surface area (Å²) in [6, 6.07) is 1.12. The summed E-state index contributed by atoms with van der Waals surface area (Å²) in [7, 11) is 0. The highest BCUT2D eigenvalue weighted by atomic mass is 19.3. The summed E-state index contributed by atoms with van der Waals surface area (Å²) in [4.78, 5) is 16.6. The molecule has 2 aromatic rings. The van der Waals surface area contributed by atoms with E-state index < -0.39 is 29.4 Å². The third-order valence-electron chi connectivity index (χ3n) is 2.14. The SMILES string of the molecule is O=C(O)c1[nH]c2nccc(O)c2c1C(F)F. The molecule has 0 spiro atoms. The Labute approximate surface area is 87.4 Å². The molecule has 84 valence electrons. The first-order valence-corrected chi connectivity index (χ1v) is 4.23. The van der Waals surface area contributed by atoms with Gasteiger partial charge in [-0.15, -0.1) is 0 Å². The number of rotatable bonds is 2. The van der Waals surface area contributed by atoms with Gasteiger partial charge in [-0.2, -0.15) is 0 Å². The lowest BCUT2D eigenvalue weighted by molar-refractivity contribution is 0.0679. The Morgan fingerprint density at radius 2 is 2.19 bits per heavy atom. The second-order valence-electron chi connectivity index (χ2n) is 3.07. The molecule has 0 saturated carbocycles. The number of nitrogens with zero attached hydrogens (tertiary/aromatic N) is 1. The lowest BCUT2D eigenvalue weighted by Crippen LogP contribution is -2.01. The highest BCUT2D eigenvalue weighted by Gasteiger charge is 2.26. The van der Waals surface area contributed by atoms with Crippen LogP contribution in [0.1, 0.15) is 22.5 Å². The van der Waals surface area contributed by atoms with Crippen molar-refractivity contribution in [1.29, 1.82) is 0 Å². The van der Waals surface area contributed by atoms with Crippen LogP contribution in [0.5, 0.6) is 5.75 Å². The normalized spacial score (nSPS) is 11.2. The molecule has 0 aromatic carbocycles. The number of carboxylic acid groups (broad SMARTS) is 1. The minimum atomic E-state index is -3.00. The van der Waals surface area contributed by atoms with Gasteiger partial charge in [0.15, 0.2) is 0 Å². The molecule has 0 bridgehead atoms. The zero-order chi connectivity index (χ0) is 11.9. The Balaban J connectivity index is 2.88. The summed E-state index contributed by atoms with van der Waals surface area (Å²) in [5, 5.41) is 17.9. The minimum Gasteiger partial charge on any atom is -0.507 e. The third-order valence-corrected chi connectivity index (χ3v) is 2.14. The van der Waals surface area contributed by atoms with Gasteiger partial charge in [-0.05, 0) is 6.07 Å². The van der Waals surface area contributed by atoms with Gasteiger partial charge in [0.25, 0.3) is 6.43 Å². The second-order valence-corrected chi connectivity index (χ2v) is 3.07. The number of hydrogen-bond acceptors (Lipinski definition) is 3. The largest absolute Gasteiger partial charge is 0.507 e. The van der Waals surface area contributed by atoms with Gasteiger partial charge >= 0.3 is 5.97 Å². The maximum Gasteiger partial charge on any atom is 0.352 e. The standard InChI is InChI=1S/C9H6F2N2O3/c10-7(11)5-4-3(14)1-2-12-8(4)13-6(5)9(15)16/h1-2,7H,(H,15,16)(H2,12,13,14). The summed E-state index contributed by atoms with van der Waals surface area (Å²) in [5.41, 5.74) is -1.47. The van der Waals surface area contributed by atoms with Crippen LogP contribution in [0.4, 0.5) is 8.78 Å². The molecule has 0 unspecified atom stereocenters. The highest BCUT2D eigenvalue weighted by molar-refractivity contribution is 5.98. The van der Waals surface area contributed by atoms with E-state index in [9.17, 15) is 18.7 Å². The molecule has 2 heterocycles. The molecule has 0 saturated heterocycles. The first-order valence-electron chi connectivity index (χ1n) is 4.23. The molecule has 16 heavy (non-hydrogen) atoms. The quantitative estimate of drug-likeness (QED) is 0.732. The number of hydrogen-bond donors (Lipinski definition) is 3. The first-order chi connectivity index (χ1) is 7.52. The maximum atomic E-state index is 12.7. The van der Waals surface area contributed by atoms with E-state index in [0.717, 1.165) is 6.07 Å². The summed E-state index contributed by atoms with van der Waals surface area (Å²) >= 11 is 0. The number of fused-ring (bicyclic) bond motifs is 1. The number of aromatic hydroxyl groups is 1. The average molecular weight is 228 g/mol. The van der Waals surface area contributed by atoms with Crippen molar-refractivity contribution in [3.63, 3.8) is 0 Å². The van der Waals surface area contributed by atoms with E-state index in [4.69, 9.17) is 5.11 Å². The maximum absolute atomic E-state index is 12.7.